The van der Waals surface area contributed by atoms with Gasteiger partial charge in [0, 0.05) is 22.9 Å². The van der Waals surface area contributed by atoms with Crippen molar-refractivity contribution in [3.63, 3.8) is 0 Å². The van der Waals surface area contributed by atoms with E-state index < -0.39 is 16.9 Å². The minimum absolute atomic E-state index is 0.0589. The number of nitrogens with one attached hydrogen (secondary N) is 1. The number of nitro groups is 1. The predicted octanol–water partition coefficient (Wildman–Crippen LogP) is 1.67. The summed E-state index contributed by atoms with van der Waals surface area (Å²) in [6.45, 7) is 1.53. The number of amides is 1. The van der Waals surface area contributed by atoms with Gasteiger partial charge in [-0.05, 0) is 19.4 Å². The Hall–Kier alpha value is -1.89. The molecule has 1 heterocycles. The van der Waals surface area contributed by atoms with Gasteiger partial charge in [0.2, 0.25) is 5.12 Å². The van der Waals surface area contributed by atoms with Gasteiger partial charge in [0.25, 0.3) is 11.6 Å². The standard InChI is InChI=1S/C12H12N2O4S/c1-7-8(3-2-4-10(7)14(17)18)11(15)13-9-5-6-19-12(9)16/h2-4,9H,5-6H2,1H3,(H,13,15)/t9-/m0/s1. The second kappa shape index (κ2) is 5.40. The third kappa shape index (κ3) is 2.76. The summed E-state index contributed by atoms with van der Waals surface area (Å²) in [4.78, 5) is 33.8. The molecule has 1 aliphatic heterocycles. The summed E-state index contributed by atoms with van der Waals surface area (Å²) in [5.41, 5.74) is 0.446. The Balaban J connectivity index is 2.22. The molecule has 2 rings (SSSR count). The minimum atomic E-state index is -0.525. The lowest BCUT2D eigenvalue weighted by atomic mass is 10.1. The number of thioether (sulfide) groups is 1. The summed E-state index contributed by atoms with van der Waals surface area (Å²) < 4.78 is 0. The molecule has 1 saturated heterocycles. The van der Waals surface area contributed by atoms with E-state index in [9.17, 15) is 19.7 Å². The number of carbonyl (C=O) groups is 2. The SMILES string of the molecule is Cc1c(C(=O)N[C@H]2CCSC2=O)cccc1[N+](=O)[O-]. The number of hydrogen-bond acceptors (Lipinski definition) is 5. The van der Waals surface area contributed by atoms with Gasteiger partial charge in [0.1, 0.15) is 0 Å². The van der Waals surface area contributed by atoms with Gasteiger partial charge >= 0.3 is 0 Å². The van der Waals surface area contributed by atoms with E-state index in [0.29, 0.717) is 17.7 Å². The third-order valence-corrected chi connectivity index (χ3v) is 4.00. The van der Waals surface area contributed by atoms with E-state index in [2.05, 4.69) is 5.32 Å². The minimum Gasteiger partial charge on any atom is -0.341 e. The highest BCUT2D eigenvalue weighted by Gasteiger charge is 2.28. The number of rotatable bonds is 3. The van der Waals surface area contributed by atoms with Crippen molar-refractivity contribution in [1.82, 2.24) is 5.32 Å². The van der Waals surface area contributed by atoms with Crippen LogP contribution in [0.15, 0.2) is 18.2 Å². The number of nitrogens with zero attached hydrogens (tertiary/aromatic N) is 1. The van der Waals surface area contributed by atoms with Crippen molar-refractivity contribution < 1.29 is 14.5 Å². The van der Waals surface area contributed by atoms with Gasteiger partial charge in [0.05, 0.1) is 11.0 Å². The van der Waals surface area contributed by atoms with Crippen LogP contribution < -0.4 is 5.32 Å². The van der Waals surface area contributed by atoms with Crippen molar-refractivity contribution in [2.75, 3.05) is 5.75 Å². The molecule has 1 aromatic carbocycles. The highest BCUT2D eigenvalue weighted by molar-refractivity contribution is 8.14. The van der Waals surface area contributed by atoms with Crippen LogP contribution in [0.25, 0.3) is 0 Å². The van der Waals surface area contributed by atoms with Crippen LogP contribution in [0.3, 0.4) is 0 Å². The van der Waals surface area contributed by atoms with Crippen LogP contribution >= 0.6 is 11.8 Å². The first kappa shape index (κ1) is 13.5. The van der Waals surface area contributed by atoms with Crippen LogP contribution in [0.1, 0.15) is 22.3 Å². The average Bonchev–Trinajstić information content (AvgIpc) is 2.74. The molecule has 1 N–H and O–H groups in total. The maximum Gasteiger partial charge on any atom is 0.273 e. The number of nitro benzene ring substituents is 1. The van der Waals surface area contributed by atoms with E-state index in [1.165, 1.54) is 36.9 Å². The summed E-state index contributed by atoms with van der Waals surface area (Å²) >= 11 is 1.19. The Bertz CT molecular complexity index is 559. The molecule has 1 aliphatic rings. The average molecular weight is 280 g/mol. The lowest BCUT2D eigenvalue weighted by Crippen LogP contribution is -2.37. The molecule has 1 amide bonds. The Morgan fingerprint density at radius 1 is 1.53 bits per heavy atom. The number of carbonyl (C=O) groups excluding carboxylic acids is 2. The Kier molecular flexibility index (Phi) is 3.84. The Morgan fingerprint density at radius 3 is 2.84 bits per heavy atom. The molecule has 0 saturated carbocycles. The molecule has 0 bridgehead atoms. The van der Waals surface area contributed by atoms with Crippen LogP contribution in [0, 0.1) is 17.0 Å². The molecule has 1 aromatic rings. The van der Waals surface area contributed by atoms with Crippen LogP contribution in [0.5, 0.6) is 0 Å². The predicted molar refractivity (Wildman–Crippen MR) is 71.2 cm³/mol. The lowest BCUT2D eigenvalue weighted by molar-refractivity contribution is -0.385. The molecule has 0 spiro atoms. The van der Waals surface area contributed by atoms with E-state index in [-0.39, 0.29) is 16.4 Å². The summed E-state index contributed by atoms with van der Waals surface area (Å²) in [7, 11) is 0. The first-order valence-corrected chi connectivity index (χ1v) is 6.71. The van der Waals surface area contributed by atoms with Gasteiger partial charge in [-0.2, -0.15) is 0 Å². The van der Waals surface area contributed by atoms with Crippen LogP contribution in [0.2, 0.25) is 0 Å². The topological polar surface area (TPSA) is 89.3 Å². The molecular weight excluding hydrogens is 268 g/mol. The lowest BCUT2D eigenvalue weighted by Gasteiger charge is -2.11. The first-order valence-electron chi connectivity index (χ1n) is 5.72. The second-order valence-corrected chi connectivity index (χ2v) is 5.29. The monoisotopic (exact) mass is 280 g/mol. The van der Waals surface area contributed by atoms with E-state index in [1.54, 1.807) is 0 Å². The van der Waals surface area contributed by atoms with Crippen LogP contribution in [-0.2, 0) is 4.79 Å². The van der Waals surface area contributed by atoms with Crippen molar-refractivity contribution >= 4 is 28.5 Å². The van der Waals surface area contributed by atoms with E-state index in [1.807, 2.05) is 0 Å². The summed E-state index contributed by atoms with van der Waals surface area (Å²) in [6, 6.07) is 3.84. The van der Waals surface area contributed by atoms with Gasteiger partial charge in [-0.15, -0.1) is 0 Å². The fourth-order valence-electron chi connectivity index (χ4n) is 1.93. The molecular formula is C12H12N2O4S. The van der Waals surface area contributed by atoms with Gasteiger partial charge in [-0.3, -0.25) is 19.7 Å². The maximum atomic E-state index is 12.0. The Morgan fingerprint density at radius 2 is 2.26 bits per heavy atom. The van der Waals surface area contributed by atoms with Crippen molar-refractivity contribution in [2.24, 2.45) is 0 Å². The van der Waals surface area contributed by atoms with Gasteiger partial charge in [-0.1, -0.05) is 17.8 Å². The molecule has 1 atom stereocenters. The smallest absolute Gasteiger partial charge is 0.273 e. The van der Waals surface area contributed by atoms with Crippen molar-refractivity contribution in [1.29, 1.82) is 0 Å². The molecule has 6 nitrogen and oxygen atoms in total. The van der Waals surface area contributed by atoms with E-state index in [4.69, 9.17) is 0 Å². The second-order valence-electron chi connectivity index (χ2n) is 4.19. The van der Waals surface area contributed by atoms with E-state index >= 15 is 0 Å². The zero-order chi connectivity index (χ0) is 14.0. The molecule has 1 fully saturated rings. The van der Waals surface area contributed by atoms with Gasteiger partial charge in [-0.25, -0.2) is 0 Å². The summed E-state index contributed by atoms with van der Waals surface area (Å²) in [5.74, 6) is 0.250. The number of benzene rings is 1. The molecule has 7 heteroatoms. The van der Waals surface area contributed by atoms with Crippen molar-refractivity contribution in [3.8, 4) is 0 Å². The fraction of sp³-hybridized carbons (Fsp3) is 0.333. The maximum absolute atomic E-state index is 12.0. The molecule has 0 unspecified atom stereocenters. The number of hydrogen-bond donors (Lipinski definition) is 1. The molecule has 100 valence electrons. The Labute approximate surface area is 113 Å². The van der Waals surface area contributed by atoms with Gasteiger partial charge in [0.15, 0.2) is 0 Å². The van der Waals surface area contributed by atoms with Gasteiger partial charge < -0.3 is 5.32 Å². The molecule has 19 heavy (non-hydrogen) atoms. The van der Waals surface area contributed by atoms with Crippen molar-refractivity contribution in [2.45, 2.75) is 19.4 Å². The zero-order valence-electron chi connectivity index (χ0n) is 10.2. The summed E-state index contributed by atoms with van der Waals surface area (Å²) in [5, 5.41) is 13.4. The third-order valence-electron chi connectivity index (χ3n) is 2.99. The normalized spacial score (nSPS) is 18.4. The molecule has 0 aromatic heterocycles. The highest BCUT2D eigenvalue weighted by atomic mass is 32.2. The van der Waals surface area contributed by atoms with Crippen molar-refractivity contribution in [3.05, 3.63) is 39.4 Å². The molecule has 0 aliphatic carbocycles. The first-order chi connectivity index (χ1) is 9.00. The van der Waals surface area contributed by atoms with Crippen LogP contribution in [0.4, 0.5) is 5.69 Å². The summed E-state index contributed by atoms with van der Waals surface area (Å²) in [6.07, 6.45) is 0.600. The molecule has 0 radical (unpaired) electrons. The zero-order valence-corrected chi connectivity index (χ0v) is 11.0. The van der Waals surface area contributed by atoms with E-state index in [0.717, 1.165) is 0 Å². The van der Waals surface area contributed by atoms with Crippen LogP contribution in [-0.4, -0.2) is 27.7 Å². The quantitative estimate of drug-likeness (QED) is 0.672. The fourth-order valence-corrected chi connectivity index (χ4v) is 2.86. The highest BCUT2D eigenvalue weighted by Crippen LogP contribution is 2.23. The largest absolute Gasteiger partial charge is 0.341 e.